The number of nitrogens with zero attached hydrogens (tertiary/aromatic N) is 2. The van der Waals surface area contributed by atoms with Crippen LogP contribution < -0.4 is 0 Å². The van der Waals surface area contributed by atoms with Crippen molar-refractivity contribution in [3.63, 3.8) is 0 Å². The number of pyridine rings is 1. The van der Waals surface area contributed by atoms with Crippen LogP contribution in [-0.2, 0) is 6.54 Å². The molecule has 1 atom stereocenters. The smallest absolute Gasteiger partial charge is 0.256 e. The summed E-state index contributed by atoms with van der Waals surface area (Å²) in [4.78, 5) is 20.0. The minimum atomic E-state index is 0.0524. The van der Waals surface area contributed by atoms with E-state index in [2.05, 4.69) is 46.3 Å². The standard InChI is InChI=1S/C27H30N2O/c30-27(25-17-10-18-28-20-25)29(21-23-13-6-2-7-14-23)26(24-15-8-3-9-16-24)19-22-11-4-1-5-12-22/h2-3,6-10,13-18,20,22,26H,1,4-5,11-12,19,21H2/t26-/m1/s1. The lowest BCUT2D eigenvalue weighted by atomic mass is 9.82. The second kappa shape index (κ2) is 10.2. The van der Waals surface area contributed by atoms with Crippen LogP contribution in [0.5, 0.6) is 0 Å². The Morgan fingerprint density at radius 1 is 0.900 bits per heavy atom. The molecule has 2 aromatic carbocycles. The van der Waals surface area contributed by atoms with Crippen LogP contribution in [0.25, 0.3) is 0 Å². The lowest BCUT2D eigenvalue weighted by molar-refractivity contribution is 0.0617. The first-order chi connectivity index (χ1) is 14.8. The number of carbonyl (C=O) groups is 1. The van der Waals surface area contributed by atoms with Crippen molar-refractivity contribution >= 4 is 5.91 Å². The van der Waals surface area contributed by atoms with Gasteiger partial charge in [0.05, 0.1) is 11.6 Å². The Morgan fingerprint density at radius 2 is 1.60 bits per heavy atom. The molecule has 0 aliphatic heterocycles. The Bertz CT molecular complexity index is 905. The van der Waals surface area contributed by atoms with Gasteiger partial charge in [-0.2, -0.15) is 0 Å². The van der Waals surface area contributed by atoms with E-state index in [4.69, 9.17) is 0 Å². The van der Waals surface area contributed by atoms with E-state index in [1.807, 2.05) is 36.4 Å². The highest BCUT2D eigenvalue weighted by Crippen LogP contribution is 2.36. The number of amides is 1. The zero-order chi connectivity index (χ0) is 20.6. The molecule has 4 rings (SSSR count). The molecule has 0 spiro atoms. The van der Waals surface area contributed by atoms with Gasteiger partial charge in [-0.15, -0.1) is 0 Å². The molecule has 3 heteroatoms. The fourth-order valence-electron chi connectivity index (χ4n) is 4.62. The Hall–Kier alpha value is -2.94. The summed E-state index contributed by atoms with van der Waals surface area (Å²) in [6.07, 6.45) is 10.9. The molecule has 0 bridgehead atoms. The van der Waals surface area contributed by atoms with Gasteiger partial charge in [-0.1, -0.05) is 92.8 Å². The van der Waals surface area contributed by atoms with Gasteiger partial charge in [-0.25, -0.2) is 0 Å². The highest BCUT2D eigenvalue weighted by atomic mass is 16.2. The highest BCUT2D eigenvalue weighted by Gasteiger charge is 2.29. The lowest BCUT2D eigenvalue weighted by Gasteiger charge is -2.36. The van der Waals surface area contributed by atoms with Crippen LogP contribution >= 0.6 is 0 Å². The molecule has 1 aromatic heterocycles. The first kappa shape index (κ1) is 20.3. The fourth-order valence-corrected chi connectivity index (χ4v) is 4.62. The number of benzene rings is 2. The minimum Gasteiger partial charge on any atom is -0.327 e. The van der Waals surface area contributed by atoms with E-state index in [1.54, 1.807) is 12.4 Å². The van der Waals surface area contributed by atoms with Gasteiger partial charge in [-0.3, -0.25) is 9.78 Å². The summed E-state index contributed by atoms with van der Waals surface area (Å²) in [6, 6.07) is 24.6. The average Bonchev–Trinajstić information content (AvgIpc) is 2.83. The summed E-state index contributed by atoms with van der Waals surface area (Å²) in [6.45, 7) is 0.598. The zero-order valence-electron chi connectivity index (χ0n) is 17.5. The van der Waals surface area contributed by atoms with Crippen molar-refractivity contribution < 1.29 is 4.79 Å². The van der Waals surface area contributed by atoms with Crippen molar-refractivity contribution in [2.45, 2.75) is 51.1 Å². The van der Waals surface area contributed by atoms with Crippen molar-refractivity contribution in [2.75, 3.05) is 0 Å². The molecule has 1 fully saturated rings. The summed E-state index contributed by atoms with van der Waals surface area (Å²) >= 11 is 0. The largest absolute Gasteiger partial charge is 0.327 e. The van der Waals surface area contributed by atoms with Gasteiger partial charge in [0.1, 0.15) is 0 Å². The quantitative estimate of drug-likeness (QED) is 0.459. The molecule has 1 amide bonds. The first-order valence-corrected chi connectivity index (χ1v) is 11.1. The molecule has 1 aliphatic carbocycles. The summed E-state index contributed by atoms with van der Waals surface area (Å²) in [5.41, 5.74) is 3.02. The number of hydrogen-bond acceptors (Lipinski definition) is 2. The predicted octanol–water partition coefficient (Wildman–Crippen LogP) is 6.44. The molecule has 3 aromatic rings. The molecule has 1 aliphatic rings. The number of hydrogen-bond donors (Lipinski definition) is 0. The van der Waals surface area contributed by atoms with E-state index in [9.17, 15) is 4.79 Å². The van der Waals surface area contributed by atoms with Crippen LogP contribution in [0.2, 0.25) is 0 Å². The summed E-state index contributed by atoms with van der Waals surface area (Å²) < 4.78 is 0. The van der Waals surface area contributed by atoms with E-state index in [1.165, 1.54) is 37.7 Å². The Kier molecular flexibility index (Phi) is 6.91. The lowest BCUT2D eigenvalue weighted by Crippen LogP contribution is -2.36. The third-order valence-corrected chi connectivity index (χ3v) is 6.21. The van der Waals surface area contributed by atoms with E-state index in [0.717, 1.165) is 12.0 Å². The van der Waals surface area contributed by atoms with Crippen LogP contribution in [0, 0.1) is 5.92 Å². The molecule has 1 saturated carbocycles. The number of carbonyl (C=O) groups excluding carboxylic acids is 1. The second-order valence-corrected chi connectivity index (χ2v) is 8.33. The topological polar surface area (TPSA) is 33.2 Å². The van der Waals surface area contributed by atoms with E-state index < -0.39 is 0 Å². The number of aromatic nitrogens is 1. The van der Waals surface area contributed by atoms with Gasteiger partial charge in [0.15, 0.2) is 0 Å². The van der Waals surface area contributed by atoms with Crippen LogP contribution in [-0.4, -0.2) is 15.8 Å². The fraction of sp³-hybridized carbons (Fsp3) is 0.333. The molecule has 0 unspecified atom stereocenters. The van der Waals surface area contributed by atoms with Crippen LogP contribution in [0.15, 0.2) is 85.2 Å². The molecule has 0 saturated heterocycles. The molecular formula is C27H30N2O. The van der Waals surface area contributed by atoms with Crippen molar-refractivity contribution in [3.05, 3.63) is 102 Å². The maximum atomic E-state index is 13.7. The van der Waals surface area contributed by atoms with Gasteiger partial charge >= 0.3 is 0 Å². The summed E-state index contributed by atoms with van der Waals surface area (Å²) in [7, 11) is 0. The van der Waals surface area contributed by atoms with E-state index in [-0.39, 0.29) is 11.9 Å². The maximum Gasteiger partial charge on any atom is 0.256 e. The molecule has 154 valence electrons. The SMILES string of the molecule is O=C(c1cccnc1)N(Cc1ccccc1)[C@H](CC1CCCCC1)c1ccccc1. The molecule has 30 heavy (non-hydrogen) atoms. The zero-order valence-corrected chi connectivity index (χ0v) is 17.5. The predicted molar refractivity (Wildman–Crippen MR) is 121 cm³/mol. The minimum absolute atomic E-state index is 0.0524. The monoisotopic (exact) mass is 398 g/mol. The van der Waals surface area contributed by atoms with Gasteiger partial charge in [0.25, 0.3) is 5.91 Å². The summed E-state index contributed by atoms with van der Waals surface area (Å²) in [5.74, 6) is 0.723. The molecule has 0 radical (unpaired) electrons. The normalized spacial score (nSPS) is 15.5. The van der Waals surface area contributed by atoms with E-state index in [0.29, 0.717) is 18.0 Å². The van der Waals surface area contributed by atoms with Crippen LogP contribution in [0.4, 0.5) is 0 Å². The average molecular weight is 399 g/mol. The van der Waals surface area contributed by atoms with Crippen molar-refractivity contribution in [1.29, 1.82) is 0 Å². The number of rotatable bonds is 7. The first-order valence-electron chi connectivity index (χ1n) is 11.1. The van der Waals surface area contributed by atoms with Gasteiger partial charge in [0, 0.05) is 18.9 Å². The molecule has 1 heterocycles. The Balaban J connectivity index is 1.70. The van der Waals surface area contributed by atoms with E-state index >= 15 is 0 Å². The highest BCUT2D eigenvalue weighted by molar-refractivity contribution is 5.94. The second-order valence-electron chi connectivity index (χ2n) is 8.33. The molecular weight excluding hydrogens is 368 g/mol. The van der Waals surface area contributed by atoms with Crippen LogP contribution in [0.1, 0.15) is 66.1 Å². The Morgan fingerprint density at radius 3 is 2.27 bits per heavy atom. The Labute approximate surface area is 179 Å². The summed E-state index contributed by atoms with van der Waals surface area (Å²) in [5, 5.41) is 0. The van der Waals surface area contributed by atoms with Gasteiger partial charge < -0.3 is 4.90 Å². The molecule has 3 nitrogen and oxygen atoms in total. The third-order valence-electron chi connectivity index (χ3n) is 6.21. The van der Waals surface area contributed by atoms with Gasteiger partial charge in [-0.05, 0) is 35.6 Å². The third kappa shape index (κ3) is 5.15. The van der Waals surface area contributed by atoms with Crippen molar-refractivity contribution in [2.24, 2.45) is 5.92 Å². The van der Waals surface area contributed by atoms with Crippen molar-refractivity contribution in [1.82, 2.24) is 9.88 Å². The van der Waals surface area contributed by atoms with Gasteiger partial charge in [0.2, 0.25) is 0 Å². The maximum absolute atomic E-state index is 13.7. The van der Waals surface area contributed by atoms with Crippen LogP contribution in [0.3, 0.4) is 0 Å². The molecule has 0 N–H and O–H groups in total. The van der Waals surface area contributed by atoms with Crippen molar-refractivity contribution in [3.8, 4) is 0 Å².